The average Bonchev–Trinajstić information content (AvgIpc) is 2.34. The number of carbonyl (C=O) groups is 1. The zero-order valence-electron chi connectivity index (χ0n) is 12.1. The number of carbonyl (C=O) groups excluding carboxylic acids is 1. The summed E-state index contributed by atoms with van der Waals surface area (Å²) in [4.78, 5) is 15.2. The summed E-state index contributed by atoms with van der Waals surface area (Å²) in [5.41, 5.74) is 5.63. The maximum absolute atomic E-state index is 12.3. The Bertz CT molecular complexity index is 312. The summed E-state index contributed by atoms with van der Waals surface area (Å²) in [6.45, 7) is 4.68. The van der Waals surface area contributed by atoms with E-state index in [0.717, 1.165) is 6.42 Å². The number of rotatable bonds is 5. The Balaban J connectivity index is 2.45. The normalized spacial score (nSPS) is 19.4. The SMILES string of the molecule is CC(C)CC(CN)C(=O)N1CCN(CC(F)(F)F)CC1. The minimum absolute atomic E-state index is 0.0205. The smallest absolute Gasteiger partial charge is 0.340 e. The van der Waals surface area contributed by atoms with Crippen LogP contribution in [-0.4, -0.2) is 61.2 Å². The van der Waals surface area contributed by atoms with E-state index in [1.807, 2.05) is 13.8 Å². The first-order valence-electron chi connectivity index (χ1n) is 7.01. The van der Waals surface area contributed by atoms with Crippen LogP contribution in [0.5, 0.6) is 0 Å². The summed E-state index contributed by atoms with van der Waals surface area (Å²) >= 11 is 0. The number of hydrogen-bond donors (Lipinski definition) is 1. The molecule has 0 spiro atoms. The lowest BCUT2D eigenvalue weighted by Crippen LogP contribution is -2.52. The van der Waals surface area contributed by atoms with Crippen LogP contribution in [-0.2, 0) is 4.79 Å². The zero-order valence-corrected chi connectivity index (χ0v) is 12.1. The van der Waals surface area contributed by atoms with Gasteiger partial charge in [-0.15, -0.1) is 0 Å². The first kappa shape index (κ1) is 17.2. The molecule has 0 saturated carbocycles. The summed E-state index contributed by atoms with van der Waals surface area (Å²) in [5.74, 6) is 0.135. The van der Waals surface area contributed by atoms with Crippen molar-refractivity contribution in [1.82, 2.24) is 9.80 Å². The van der Waals surface area contributed by atoms with Gasteiger partial charge in [-0.1, -0.05) is 13.8 Å². The van der Waals surface area contributed by atoms with Crippen molar-refractivity contribution < 1.29 is 18.0 Å². The summed E-state index contributed by atoms with van der Waals surface area (Å²) in [6.07, 6.45) is -3.46. The van der Waals surface area contributed by atoms with Crippen LogP contribution < -0.4 is 5.73 Å². The van der Waals surface area contributed by atoms with Gasteiger partial charge < -0.3 is 10.6 Å². The highest BCUT2D eigenvalue weighted by Crippen LogP contribution is 2.19. The molecule has 118 valence electrons. The summed E-state index contributed by atoms with van der Waals surface area (Å²) in [5, 5.41) is 0. The van der Waals surface area contributed by atoms with Crippen molar-refractivity contribution in [3.05, 3.63) is 0 Å². The monoisotopic (exact) mass is 295 g/mol. The topological polar surface area (TPSA) is 49.6 Å². The quantitative estimate of drug-likeness (QED) is 0.832. The second-order valence-electron chi connectivity index (χ2n) is 5.78. The molecule has 1 atom stereocenters. The molecule has 1 unspecified atom stereocenters. The third-order valence-corrected chi connectivity index (χ3v) is 3.48. The fourth-order valence-electron chi connectivity index (χ4n) is 2.51. The molecule has 1 heterocycles. The first-order valence-corrected chi connectivity index (χ1v) is 7.01. The second-order valence-corrected chi connectivity index (χ2v) is 5.78. The van der Waals surface area contributed by atoms with Crippen LogP contribution in [0, 0.1) is 11.8 Å². The summed E-state index contributed by atoms with van der Waals surface area (Å²) < 4.78 is 36.9. The number of amides is 1. The van der Waals surface area contributed by atoms with Gasteiger partial charge in [0.15, 0.2) is 0 Å². The van der Waals surface area contributed by atoms with Gasteiger partial charge in [0.05, 0.1) is 12.5 Å². The largest absolute Gasteiger partial charge is 0.401 e. The van der Waals surface area contributed by atoms with Crippen LogP contribution in [0.2, 0.25) is 0 Å². The van der Waals surface area contributed by atoms with E-state index in [2.05, 4.69) is 0 Å². The fourth-order valence-corrected chi connectivity index (χ4v) is 2.51. The second kappa shape index (κ2) is 7.26. The maximum atomic E-state index is 12.3. The Hall–Kier alpha value is -0.820. The predicted molar refractivity (Wildman–Crippen MR) is 71.1 cm³/mol. The molecule has 2 N–H and O–H groups in total. The lowest BCUT2D eigenvalue weighted by molar-refractivity contribution is -0.152. The molecule has 0 radical (unpaired) electrons. The van der Waals surface area contributed by atoms with Crippen LogP contribution in [0.15, 0.2) is 0 Å². The van der Waals surface area contributed by atoms with Crippen molar-refractivity contribution in [2.24, 2.45) is 17.6 Å². The van der Waals surface area contributed by atoms with E-state index in [1.165, 1.54) is 4.90 Å². The Kier molecular flexibility index (Phi) is 6.26. The Labute approximate surface area is 118 Å². The van der Waals surface area contributed by atoms with Gasteiger partial charge in [-0.3, -0.25) is 9.69 Å². The van der Waals surface area contributed by atoms with Crippen LogP contribution in [0.25, 0.3) is 0 Å². The Morgan fingerprint density at radius 1 is 1.20 bits per heavy atom. The van der Waals surface area contributed by atoms with E-state index >= 15 is 0 Å². The van der Waals surface area contributed by atoms with Crippen LogP contribution in [0.3, 0.4) is 0 Å². The summed E-state index contributed by atoms with van der Waals surface area (Å²) in [6, 6.07) is 0. The lowest BCUT2D eigenvalue weighted by Gasteiger charge is -2.36. The highest BCUT2D eigenvalue weighted by molar-refractivity contribution is 5.79. The van der Waals surface area contributed by atoms with Gasteiger partial charge in [0.1, 0.15) is 0 Å². The van der Waals surface area contributed by atoms with Gasteiger partial charge in [-0.05, 0) is 12.3 Å². The molecular formula is C13H24F3N3O. The zero-order chi connectivity index (χ0) is 15.3. The van der Waals surface area contributed by atoms with Gasteiger partial charge in [-0.2, -0.15) is 13.2 Å². The van der Waals surface area contributed by atoms with Crippen LogP contribution in [0.1, 0.15) is 20.3 Å². The van der Waals surface area contributed by atoms with Crippen LogP contribution >= 0.6 is 0 Å². The number of nitrogens with two attached hydrogens (primary N) is 1. The molecule has 4 nitrogen and oxygen atoms in total. The number of halogens is 3. The third kappa shape index (κ3) is 5.66. The van der Waals surface area contributed by atoms with Gasteiger partial charge >= 0.3 is 6.18 Å². The Morgan fingerprint density at radius 2 is 1.75 bits per heavy atom. The molecule has 20 heavy (non-hydrogen) atoms. The number of nitrogens with zero attached hydrogens (tertiary/aromatic N) is 2. The molecule has 1 amide bonds. The highest BCUT2D eigenvalue weighted by Gasteiger charge is 2.33. The lowest BCUT2D eigenvalue weighted by atomic mass is 9.95. The molecule has 1 aliphatic heterocycles. The van der Waals surface area contributed by atoms with Crippen molar-refractivity contribution in [2.45, 2.75) is 26.4 Å². The number of piperazine rings is 1. The molecule has 7 heteroatoms. The maximum Gasteiger partial charge on any atom is 0.401 e. The van der Waals surface area contributed by atoms with Crippen molar-refractivity contribution in [3.63, 3.8) is 0 Å². The van der Waals surface area contributed by atoms with E-state index in [-0.39, 0.29) is 24.9 Å². The highest BCUT2D eigenvalue weighted by atomic mass is 19.4. The molecule has 1 aliphatic rings. The number of alkyl halides is 3. The molecule has 0 aromatic carbocycles. The number of hydrogen-bond acceptors (Lipinski definition) is 3. The van der Waals surface area contributed by atoms with E-state index in [9.17, 15) is 18.0 Å². The first-order chi connectivity index (χ1) is 9.23. The van der Waals surface area contributed by atoms with Crippen molar-refractivity contribution in [2.75, 3.05) is 39.3 Å². The minimum Gasteiger partial charge on any atom is -0.340 e. The van der Waals surface area contributed by atoms with Crippen molar-refractivity contribution >= 4 is 5.91 Å². The van der Waals surface area contributed by atoms with Gasteiger partial charge in [0, 0.05) is 32.7 Å². The molecule has 1 fully saturated rings. The molecule has 0 bridgehead atoms. The van der Waals surface area contributed by atoms with E-state index in [4.69, 9.17) is 5.73 Å². The Morgan fingerprint density at radius 3 is 2.15 bits per heavy atom. The molecular weight excluding hydrogens is 271 g/mol. The fraction of sp³-hybridized carbons (Fsp3) is 0.923. The minimum atomic E-state index is -4.18. The predicted octanol–water partition coefficient (Wildman–Crippen LogP) is 1.31. The molecule has 1 saturated heterocycles. The van der Waals surface area contributed by atoms with Crippen molar-refractivity contribution in [1.29, 1.82) is 0 Å². The van der Waals surface area contributed by atoms with Crippen molar-refractivity contribution in [3.8, 4) is 0 Å². The molecule has 1 rings (SSSR count). The van der Waals surface area contributed by atoms with Gasteiger partial charge in [-0.25, -0.2) is 0 Å². The van der Waals surface area contributed by atoms with Crippen LogP contribution in [0.4, 0.5) is 13.2 Å². The molecule has 0 aromatic rings. The standard InChI is InChI=1S/C13H24F3N3O/c1-10(2)7-11(8-17)12(20)19-5-3-18(4-6-19)9-13(14,15)16/h10-11H,3-9,17H2,1-2H3. The van der Waals surface area contributed by atoms with E-state index in [1.54, 1.807) is 4.90 Å². The summed E-state index contributed by atoms with van der Waals surface area (Å²) in [7, 11) is 0. The average molecular weight is 295 g/mol. The van der Waals surface area contributed by atoms with Gasteiger partial charge in [0.25, 0.3) is 0 Å². The molecule has 0 aromatic heterocycles. The van der Waals surface area contributed by atoms with Gasteiger partial charge in [0.2, 0.25) is 5.91 Å². The molecule has 0 aliphatic carbocycles. The van der Waals surface area contributed by atoms with E-state index < -0.39 is 12.7 Å². The van der Waals surface area contributed by atoms with E-state index in [0.29, 0.717) is 25.6 Å². The third-order valence-electron chi connectivity index (χ3n) is 3.48.